The number of ether oxygens (including phenoxy) is 1. The maximum Gasteiger partial charge on any atom is 0.330 e. The van der Waals surface area contributed by atoms with Crippen molar-refractivity contribution in [3.63, 3.8) is 0 Å². The summed E-state index contributed by atoms with van der Waals surface area (Å²) >= 11 is 0. The van der Waals surface area contributed by atoms with Crippen molar-refractivity contribution in [1.82, 2.24) is 10.2 Å². The van der Waals surface area contributed by atoms with E-state index in [1.807, 2.05) is 0 Å². The molecule has 1 aliphatic heterocycles. The van der Waals surface area contributed by atoms with Gasteiger partial charge in [-0.05, 0) is 50.2 Å². The van der Waals surface area contributed by atoms with Gasteiger partial charge in [0.05, 0.1) is 11.1 Å². The second-order valence-electron chi connectivity index (χ2n) is 8.03. The second kappa shape index (κ2) is 9.69. The summed E-state index contributed by atoms with van der Waals surface area (Å²) in [5.74, 6) is -2.55. The molecule has 1 heterocycles. The lowest BCUT2D eigenvalue weighted by atomic mass is 9.97. The van der Waals surface area contributed by atoms with Crippen LogP contribution in [-0.2, 0) is 14.3 Å². The maximum atomic E-state index is 12.7. The Bertz CT molecular complexity index is 839. The number of imide groups is 1. The summed E-state index contributed by atoms with van der Waals surface area (Å²) in [6.07, 6.45) is 7.59. The van der Waals surface area contributed by atoms with Gasteiger partial charge in [0.15, 0.2) is 6.61 Å². The topological polar surface area (TPSA) is 92.8 Å². The summed E-state index contributed by atoms with van der Waals surface area (Å²) in [4.78, 5) is 51.1. The number of fused-ring (bicyclic) bond motifs is 1. The first-order valence-corrected chi connectivity index (χ1v) is 10.5. The van der Waals surface area contributed by atoms with Crippen molar-refractivity contribution in [2.45, 2.75) is 52.0 Å². The van der Waals surface area contributed by atoms with Crippen LogP contribution in [0.15, 0.2) is 35.9 Å². The number of carbonyl (C=O) groups excluding carboxylic acids is 4. The highest BCUT2D eigenvalue weighted by molar-refractivity contribution is 6.22. The Morgan fingerprint density at radius 2 is 1.77 bits per heavy atom. The molecule has 0 fully saturated rings. The van der Waals surface area contributed by atoms with Gasteiger partial charge < -0.3 is 10.1 Å². The summed E-state index contributed by atoms with van der Waals surface area (Å²) in [5, 5.41) is 2.75. The lowest BCUT2D eigenvalue weighted by Crippen LogP contribution is -2.49. The Morgan fingerprint density at radius 3 is 2.33 bits per heavy atom. The number of allylic oxidation sites excluding steroid dienone is 1. The van der Waals surface area contributed by atoms with Crippen LogP contribution < -0.4 is 5.32 Å². The normalized spacial score (nSPS) is 16.9. The van der Waals surface area contributed by atoms with E-state index in [1.54, 1.807) is 38.1 Å². The molecule has 2 aliphatic rings. The molecule has 1 unspecified atom stereocenters. The largest absolute Gasteiger partial charge is 0.454 e. The predicted molar refractivity (Wildman–Crippen MR) is 111 cm³/mol. The van der Waals surface area contributed by atoms with Crippen molar-refractivity contribution in [2.75, 3.05) is 13.2 Å². The van der Waals surface area contributed by atoms with Crippen LogP contribution in [0.5, 0.6) is 0 Å². The Hall–Kier alpha value is -2.96. The number of hydrogen-bond donors (Lipinski definition) is 1. The van der Waals surface area contributed by atoms with Gasteiger partial charge in [0, 0.05) is 6.54 Å². The zero-order chi connectivity index (χ0) is 21.7. The number of benzene rings is 1. The first-order chi connectivity index (χ1) is 14.4. The minimum absolute atomic E-state index is 0.274. The Labute approximate surface area is 176 Å². The summed E-state index contributed by atoms with van der Waals surface area (Å²) < 4.78 is 5.17. The van der Waals surface area contributed by atoms with Crippen molar-refractivity contribution in [3.8, 4) is 0 Å². The van der Waals surface area contributed by atoms with Gasteiger partial charge in [-0.2, -0.15) is 0 Å². The van der Waals surface area contributed by atoms with Gasteiger partial charge in [-0.1, -0.05) is 37.6 Å². The van der Waals surface area contributed by atoms with Crippen molar-refractivity contribution in [2.24, 2.45) is 5.92 Å². The molecule has 0 aromatic heterocycles. The highest BCUT2D eigenvalue weighted by atomic mass is 16.5. The molecular weight excluding hydrogens is 384 g/mol. The highest BCUT2D eigenvalue weighted by Gasteiger charge is 2.44. The number of esters is 1. The minimum Gasteiger partial charge on any atom is -0.454 e. The quantitative estimate of drug-likeness (QED) is 0.403. The first-order valence-electron chi connectivity index (χ1n) is 10.5. The molecule has 0 saturated carbocycles. The van der Waals surface area contributed by atoms with Crippen LogP contribution in [0.2, 0.25) is 0 Å². The molecule has 160 valence electrons. The molecule has 1 N–H and O–H groups in total. The Balaban J connectivity index is 1.55. The van der Waals surface area contributed by atoms with E-state index < -0.39 is 36.3 Å². The first kappa shape index (κ1) is 21.7. The fraction of sp³-hybridized carbons (Fsp3) is 0.478. The van der Waals surface area contributed by atoms with Gasteiger partial charge in [-0.15, -0.1) is 0 Å². The third-order valence-corrected chi connectivity index (χ3v) is 5.48. The molecular formula is C23H28N2O5. The molecule has 1 aliphatic carbocycles. The van der Waals surface area contributed by atoms with E-state index in [0.717, 1.165) is 24.2 Å². The molecule has 0 spiro atoms. The van der Waals surface area contributed by atoms with Gasteiger partial charge in [0.1, 0.15) is 6.04 Å². The number of nitrogens with zero attached hydrogens (tertiary/aromatic N) is 1. The fourth-order valence-corrected chi connectivity index (χ4v) is 3.90. The fourth-order valence-electron chi connectivity index (χ4n) is 3.90. The van der Waals surface area contributed by atoms with Gasteiger partial charge in [0.2, 0.25) is 0 Å². The van der Waals surface area contributed by atoms with E-state index >= 15 is 0 Å². The number of amides is 3. The van der Waals surface area contributed by atoms with Crippen LogP contribution in [0.3, 0.4) is 0 Å². The summed E-state index contributed by atoms with van der Waals surface area (Å²) in [7, 11) is 0. The summed E-state index contributed by atoms with van der Waals surface area (Å²) in [6, 6.07) is 5.38. The maximum absolute atomic E-state index is 12.7. The zero-order valence-corrected chi connectivity index (χ0v) is 17.5. The van der Waals surface area contributed by atoms with Crippen LogP contribution >= 0.6 is 0 Å². The van der Waals surface area contributed by atoms with E-state index in [2.05, 4.69) is 11.4 Å². The highest BCUT2D eigenvalue weighted by Crippen LogP contribution is 2.27. The molecule has 3 amide bonds. The average molecular weight is 412 g/mol. The van der Waals surface area contributed by atoms with Crippen LogP contribution in [0.4, 0.5) is 0 Å². The minimum atomic E-state index is -1.09. The summed E-state index contributed by atoms with van der Waals surface area (Å²) in [6.45, 7) is 3.51. The lowest BCUT2D eigenvalue weighted by molar-refractivity contribution is -0.153. The van der Waals surface area contributed by atoms with E-state index in [-0.39, 0.29) is 17.0 Å². The average Bonchev–Trinajstić information content (AvgIpc) is 2.98. The van der Waals surface area contributed by atoms with E-state index in [0.29, 0.717) is 6.54 Å². The van der Waals surface area contributed by atoms with Crippen LogP contribution in [0, 0.1) is 5.92 Å². The Morgan fingerprint density at radius 1 is 1.10 bits per heavy atom. The van der Waals surface area contributed by atoms with E-state index in [9.17, 15) is 19.2 Å². The van der Waals surface area contributed by atoms with Crippen molar-refractivity contribution >= 4 is 23.7 Å². The SMILES string of the molecule is CC(C)C(C(=O)OCC(=O)NCCC1=CCCCC1)N1C(=O)c2ccccc2C1=O. The van der Waals surface area contributed by atoms with Gasteiger partial charge in [-0.3, -0.25) is 19.3 Å². The number of carbonyl (C=O) groups is 4. The third-order valence-electron chi connectivity index (χ3n) is 5.48. The van der Waals surface area contributed by atoms with Crippen LogP contribution in [0.1, 0.15) is 66.7 Å². The van der Waals surface area contributed by atoms with E-state index in [1.165, 1.54) is 18.4 Å². The number of nitrogens with one attached hydrogen (secondary N) is 1. The molecule has 1 aromatic carbocycles. The zero-order valence-electron chi connectivity index (χ0n) is 17.5. The molecule has 0 saturated heterocycles. The molecule has 7 nitrogen and oxygen atoms in total. The molecule has 30 heavy (non-hydrogen) atoms. The van der Waals surface area contributed by atoms with Crippen LogP contribution in [-0.4, -0.2) is 47.8 Å². The summed E-state index contributed by atoms with van der Waals surface area (Å²) in [5.41, 5.74) is 1.90. The third kappa shape index (κ3) is 4.78. The van der Waals surface area contributed by atoms with Gasteiger partial charge in [0.25, 0.3) is 17.7 Å². The second-order valence-corrected chi connectivity index (χ2v) is 8.03. The lowest BCUT2D eigenvalue weighted by Gasteiger charge is -2.27. The molecule has 0 radical (unpaired) electrons. The number of rotatable bonds is 8. The Kier molecular flexibility index (Phi) is 7.03. The van der Waals surface area contributed by atoms with Crippen molar-refractivity contribution < 1.29 is 23.9 Å². The smallest absolute Gasteiger partial charge is 0.330 e. The molecule has 3 rings (SSSR count). The van der Waals surface area contributed by atoms with Crippen LogP contribution in [0.25, 0.3) is 0 Å². The predicted octanol–water partition coefficient (Wildman–Crippen LogP) is 2.86. The van der Waals surface area contributed by atoms with Gasteiger partial charge in [-0.25, -0.2) is 4.79 Å². The van der Waals surface area contributed by atoms with E-state index in [4.69, 9.17) is 4.74 Å². The molecule has 1 aromatic rings. The standard InChI is InChI=1S/C23H28N2O5/c1-15(2)20(25-21(27)17-10-6-7-11-18(17)22(25)28)23(29)30-14-19(26)24-13-12-16-8-4-3-5-9-16/h6-8,10-11,15,20H,3-5,9,12-14H2,1-2H3,(H,24,26). The molecule has 7 heteroatoms. The molecule has 0 bridgehead atoms. The van der Waals surface area contributed by atoms with Crippen molar-refractivity contribution in [3.05, 3.63) is 47.0 Å². The van der Waals surface area contributed by atoms with Crippen molar-refractivity contribution in [1.29, 1.82) is 0 Å². The number of hydrogen-bond acceptors (Lipinski definition) is 5. The monoisotopic (exact) mass is 412 g/mol. The molecule has 1 atom stereocenters. The van der Waals surface area contributed by atoms with Gasteiger partial charge >= 0.3 is 5.97 Å².